The molecule has 0 radical (unpaired) electrons. The minimum absolute atomic E-state index is 0.0273. The van der Waals surface area contributed by atoms with Gasteiger partial charge in [0.2, 0.25) is 11.8 Å². The first-order valence-electron chi connectivity index (χ1n) is 8.27. The number of aromatic nitrogens is 1. The number of amides is 2. The quantitative estimate of drug-likeness (QED) is 0.771. The highest BCUT2D eigenvalue weighted by Crippen LogP contribution is 2.15. The van der Waals surface area contributed by atoms with Gasteiger partial charge >= 0.3 is 0 Å². The number of benzene rings is 1. The molecule has 7 heteroatoms. The molecule has 0 spiro atoms. The number of pyridine rings is 1. The summed E-state index contributed by atoms with van der Waals surface area (Å²) in [6, 6.07) is 11.3. The lowest BCUT2D eigenvalue weighted by Crippen LogP contribution is -2.35. The Morgan fingerprint density at radius 2 is 1.96 bits per heavy atom. The Bertz CT molecular complexity index is 725. The van der Waals surface area contributed by atoms with Gasteiger partial charge < -0.3 is 10.2 Å². The molecular weight excluding hydrogens is 353 g/mol. The summed E-state index contributed by atoms with van der Waals surface area (Å²) >= 11 is 1.27. The Kier molecular flexibility index (Phi) is 7.59. The third kappa shape index (κ3) is 6.48. The Labute approximate surface area is 157 Å². The summed E-state index contributed by atoms with van der Waals surface area (Å²) in [5.41, 5.74) is 1.47. The number of nitrogens with zero attached hydrogens (tertiary/aromatic N) is 2. The smallest absolute Gasteiger partial charge is 0.235 e. The van der Waals surface area contributed by atoms with Crippen LogP contribution in [0, 0.1) is 5.82 Å². The predicted molar refractivity (Wildman–Crippen MR) is 103 cm³/mol. The van der Waals surface area contributed by atoms with E-state index in [1.807, 2.05) is 18.2 Å². The highest BCUT2D eigenvalue weighted by atomic mass is 32.2. The number of nitrogens with one attached hydrogen (secondary N) is 1. The summed E-state index contributed by atoms with van der Waals surface area (Å²) in [6.45, 7) is 2.36. The van der Waals surface area contributed by atoms with Crippen LogP contribution >= 0.6 is 11.8 Å². The van der Waals surface area contributed by atoms with Gasteiger partial charge in [-0.15, -0.1) is 11.8 Å². The maximum absolute atomic E-state index is 12.9. The second-order valence-electron chi connectivity index (χ2n) is 5.84. The van der Waals surface area contributed by atoms with Crippen molar-refractivity contribution in [3.05, 3.63) is 60.2 Å². The Morgan fingerprint density at radius 1 is 1.23 bits per heavy atom. The zero-order valence-electron chi connectivity index (χ0n) is 14.8. The van der Waals surface area contributed by atoms with Crippen molar-refractivity contribution in [1.29, 1.82) is 0 Å². The number of likely N-dealkylation sites (N-methyl/N-ethyl adjacent to an activating group) is 1. The molecule has 1 aromatic heterocycles. The van der Waals surface area contributed by atoms with Crippen molar-refractivity contribution in [2.75, 3.05) is 24.7 Å². The van der Waals surface area contributed by atoms with Crippen LogP contribution in [0.25, 0.3) is 0 Å². The van der Waals surface area contributed by atoms with Crippen LogP contribution in [0.15, 0.2) is 48.7 Å². The minimum atomic E-state index is -0.356. The number of carbonyl (C=O) groups is 2. The van der Waals surface area contributed by atoms with Gasteiger partial charge in [-0.3, -0.25) is 14.6 Å². The van der Waals surface area contributed by atoms with Gasteiger partial charge in [0.1, 0.15) is 5.82 Å². The standard InChI is InChI=1S/C19H22FN3O2S/c1-14(19(25)23(2)12-10-16-5-3-4-11-21-16)26-13-18(24)22-17-8-6-15(20)7-9-17/h3-9,11,14H,10,12-13H2,1-2H3,(H,22,24). The molecule has 2 amide bonds. The fourth-order valence-electron chi connectivity index (χ4n) is 2.25. The van der Waals surface area contributed by atoms with E-state index in [2.05, 4.69) is 10.3 Å². The molecule has 2 aromatic rings. The average molecular weight is 375 g/mol. The fourth-order valence-corrected chi connectivity index (χ4v) is 3.05. The van der Waals surface area contributed by atoms with E-state index in [1.165, 1.54) is 36.0 Å². The average Bonchev–Trinajstić information content (AvgIpc) is 2.66. The van der Waals surface area contributed by atoms with Gasteiger partial charge in [-0.1, -0.05) is 6.07 Å². The van der Waals surface area contributed by atoms with Crippen LogP contribution < -0.4 is 5.32 Å². The molecule has 0 saturated heterocycles. The lowest BCUT2D eigenvalue weighted by Gasteiger charge is -2.21. The second kappa shape index (κ2) is 9.91. The van der Waals surface area contributed by atoms with E-state index in [0.717, 1.165) is 5.69 Å². The van der Waals surface area contributed by atoms with Crippen LogP contribution in [-0.4, -0.2) is 46.3 Å². The minimum Gasteiger partial charge on any atom is -0.344 e. The molecule has 1 aromatic carbocycles. The monoisotopic (exact) mass is 375 g/mol. The van der Waals surface area contributed by atoms with E-state index in [4.69, 9.17) is 0 Å². The molecule has 26 heavy (non-hydrogen) atoms. The van der Waals surface area contributed by atoms with Crippen molar-refractivity contribution in [3.63, 3.8) is 0 Å². The predicted octanol–water partition coefficient (Wildman–Crippen LogP) is 2.98. The zero-order chi connectivity index (χ0) is 18.9. The molecule has 5 nitrogen and oxygen atoms in total. The molecule has 1 unspecified atom stereocenters. The first kappa shape index (κ1) is 19.9. The number of carbonyl (C=O) groups excluding carboxylic acids is 2. The fraction of sp³-hybridized carbons (Fsp3) is 0.316. The van der Waals surface area contributed by atoms with E-state index >= 15 is 0 Å². The molecule has 1 atom stereocenters. The van der Waals surface area contributed by atoms with Crippen molar-refractivity contribution in [3.8, 4) is 0 Å². The molecular formula is C19H22FN3O2S. The van der Waals surface area contributed by atoms with Gasteiger partial charge in [0.25, 0.3) is 0 Å². The number of rotatable bonds is 8. The van der Waals surface area contributed by atoms with Gasteiger partial charge in [-0.25, -0.2) is 4.39 Å². The second-order valence-corrected chi connectivity index (χ2v) is 7.17. The van der Waals surface area contributed by atoms with Gasteiger partial charge in [0.15, 0.2) is 0 Å². The summed E-state index contributed by atoms with van der Waals surface area (Å²) in [5, 5.41) is 2.35. The van der Waals surface area contributed by atoms with Crippen molar-refractivity contribution in [2.24, 2.45) is 0 Å². The van der Waals surface area contributed by atoms with E-state index in [1.54, 1.807) is 25.1 Å². The van der Waals surface area contributed by atoms with Crippen LogP contribution in [0.3, 0.4) is 0 Å². The van der Waals surface area contributed by atoms with Gasteiger partial charge in [0.05, 0.1) is 11.0 Å². The van der Waals surface area contributed by atoms with Crippen molar-refractivity contribution in [2.45, 2.75) is 18.6 Å². The van der Waals surface area contributed by atoms with Gasteiger partial charge in [-0.2, -0.15) is 0 Å². The molecule has 0 aliphatic heterocycles. The highest BCUT2D eigenvalue weighted by molar-refractivity contribution is 8.01. The Balaban J connectivity index is 1.73. The van der Waals surface area contributed by atoms with Crippen LogP contribution in [-0.2, 0) is 16.0 Å². The first-order chi connectivity index (χ1) is 12.5. The van der Waals surface area contributed by atoms with E-state index in [0.29, 0.717) is 18.7 Å². The van der Waals surface area contributed by atoms with Gasteiger partial charge in [-0.05, 0) is 43.3 Å². The number of anilines is 1. The van der Waals surface area contributed by atoms with E-state index < -0.39 is 0 Å². The molecule has 0 aliphatic carbocycles. The van der Waals surface area contributed by atoms with E-state index in [-0.39, 0.29) is 28.6 Å². The maximum atomic E-state index is 12.9. The lowest BCUT2D eigenvalue weighted by molar-refractivity contribution is -0.128. The lowest BCUT2D eigenvalue weighted by atomic mass is 10.2. The van der Waals surface area contributed by atoms with Crippen LogP contribution in [0.2, 0.25) is 0 Å². The molecule has 138 valence electrons. The first-order valence-corrected chi connectivity index (χ1v) is 9.32. The van der Waals surface area contributed by atoms with Crippen molar-refractivity contribution in [1.82, 2.24) is 9.88 Å². The molecule has 2 rings (SSSR count). The van der Waals surface area contributed by atoms with Crippen molar-refractivity contribution >= 4 is 29.3 Å². The molecule has 1 heterocycles. The number of hydrogen-bond donors (Lipinski definition) is 1. The highest BCUT2D eigenvalue weighted by Gasteiger charge is 2.19. The Morgan fingerprint density at radius 3 is 2.62 bits per heavy atom. The summed E-state index contributed by atoms with van der Waals surface area (Å²) in [5.74, 6) is -0.457. The summed E-state index contributed by atoms with van der Waals surface area (Å²) in [7, 11) is 1.75. The third-order valence-electron chi connectivity index (χ3n) is 3.75. The summed E-state index contributed by atoms with van der Waals surface area (Å²) in [6.07, 6.45) is 2.42. The molecule has 1 N–H and O–H groups in total. The number of thioether (sulfide) groups is 1. The van der Waals surface area contributed by atoms with Gasteiger partial charge in [0, 0.05) is 37.6 Å². The zero-order valence-corrected chi connectivity index (χ0v) is 15.6. The van der Waals surface area contributed by atoms with Crippen molar-refractivity contribution < 1.29 is 14.0 Å². The molecule has 0 aliphatic rings. The SMILES string of the molecule is CC(SCC(=O)Nc1ccc(F)cc1)C(=O)N(C)CCc1ccccn1. The maximum Gasteiger partial charge on any atom is 0.235 e. The van der Waals surface area contributed by atoms with Crippen LogP contribution in [0.5, 0.6) is 0 Å². The third-order valence-corrected chi connectivity index (χ3v) is 4.88. The number of halogens is 1. The summed E-state index contributed by atoms with van der Waals surface area (Å²) in [4.78, 5) is 30.2. The molecule has 0 saturated carbocycles. The van der Waals surface area contributed by atoms with E-state index in [9.17, 15) is 14.0 Å². The summed E-state index contributed by atoms with van der Waals surface area (Å²) < 4.78 is 12.9. The topological polar surface area (TPSA) is 62.3 Å². The normalized spacial score (nSPS) is 11.7. The van der Waals surface area contributed by atoms with Crippen LogP contribution in [0.1, 0.15) is 12.6 Å². The van der Waals surface area contributed by atoms with Crippen LogP contribution in [0.4, 0.5) is 10.1 Å². The number of hydrogen-bond acceptors (Lipinski definition) is 4. The largest absolute Gasteiger partial charge is 0.344 e. The molecule has 0 fully saturated rings. The molecule has 0 bridgehead atoms. The Hall–Kier alpha value is -2.41.